The molecule has 1 rings (SSSR count). The highest BCUT2D eigenvalue weighted by Crippen LogP contribution is 2.23. The molecule has 4 heteroatoms. The molecule has 1 unspecified atom stereocenters. The second kappa shape index (κ2) is 5.82. The van der Waals surface area contributed by atoms with Crippen LogP contribution >= 0.6 is 0 Å². The Kier molecular flexibility index (Phi) is 4.71. The predicted octanol–water partition coefficient (Wildman–Crippen LogP) is 1.72. The zero-order valence-corrected chi connectivity index (χ0v) is 10.1. The summed E-state index contributed by atoms with van der Waals surface area (Å²) in [6.45, 7) is 6.92. The van der Waals surface area contributed by atoms with Gasteiger partial charge in [0.05, 0.1) is 19.4 Å². The minimum atomic E-state index is -1.03. The van der Waals surface area contributed by atoms with Crippen molar-refractivity contribution in [1.82, 2.24) is 4.98 Å². The van der Waals surface area contributed by atoms with E-state index in [1.54, 1.807) is 25.4 Å². The van der Waals surface area contributed by atoms with Gasteiger partial charge in [0.15, 0.2) is 0 Å². The molecule has 1 heterocycles. The summed E-state index contributed by atoms with van der Waals surface area (Å²) in [5.41, 5.74) is -0.331. The van der Waals surface area contributed by atoms with Crippen LogP contribution in [0.5, 0.6) is 5.75 Å². The van der Waals surface area contributed by atoms with Crippen LogP contribution in [0.15, 0.2) is 18.5 Å². The molecule has 0 aliphatic heterocycles. The van der Waals surface area contributed by atoms with Gasteiger partial charge in [0.25, 0.3) is 0 Å². The molecule has 0 saturated carbocycles. The zero-order valence-electron chi connectivity index (χ0n) is 10.1. The Morgan fingerprint density at radius 3 is 2.69 bits per heavy atom. The average Bonchev–Trinajstić information content (AvgIpc) is 2.27. The van der Waals surface area contributed by atoms with E-state index in [1.165, 1.54) is 0 Å². The van der Waals surface area contributed by atoms with Crippen molar-refractivity contribution in [3.63, 3.8) is 0 Å². The number of aromatic nitrogens is 1. The molecule has 1 N–H and O–H groups in total. The molecular weight excluding hydrogens is 206 g/mol. The Bertz CT molecular complexity index is 326. The SMILES string of the molecule is CCOCC(C)(O)c1cncc(OCC)c1. The number of aliphatic hydroxyl groups is 1. The third kappa shape index (κ3) is 3.47. The number of hydrogen-bond acceptors (Lipinski definition) is 4. The van der Waals surface area contributed by atoms with Gasteiger partial charge in [0.2, 0.25) is 0 Å². The van der Waals surface area contributed by atoms with Crippen molar-refractivity contribution in [2.75, 3.05) is 19.8 Å². The van der Waals surface area contributed by atoms with Gasteiger partial charge in [0.1, 0.15) is 11.4 Å². The van der Waals surface area contributed by atoms with Crippen molar-refractivity contribution in [1.29, 1.82) is 0 Å². The molecule has 0 spiro atoms. The van der Waals surface area contributed by atoms with Crippen LogP contribution in [0, 0.1) is 0 Å². The molecule has 0 aliphatic rings. The van der Waals surface area contributed by atoms with Crippen LogP contribution in [0.2, 0.25) is 0 Å². The first-order valence-corrected chi connectivity index (χ1v) is 5.48. The number of pyridine rings is 1. The van der Waals surface area contributed by atoms with E-state index >= 15 is 0 Å². The van der Waals surface area contributed by atoms with Crippen molar-refractivity contribution in [3.05, 3.63) is 24.0 Å². The lowest BCUT2D eigenvalue weighted by Gasteiger charge is -2.23. The maximum Gasteiger partial charge on any atom is 0.137 e. The topological polar surface area (TPSA) is 51.6 Å². The van der Waals surface area contributed by atoms with Gasteiger partial charge < -0.3 is 14.6 Å². The summed E-state index contributed by atoms with van der Waals surface area (Å²) in [5, 5.41) is 10.2. The summed E-state index contributed by atoms with van der Waals surface area (Å²) < 4.78 is 10.6. The molecule has 0 amide bonds. The number of ether oxygens (including phenoxy) is 2. The lowest BCUT2D eigenvalue weighted by molar-refractivity contribution is -0.0346. The van der Waals surface area contributed by atoms with E-state index in [0.717, 1.165) is 0 Å². The van der Waals surface area contributed by atoms with E-state index in [9.17, 15) is 5.11 Å². The van der Waals surface area contributed by atoms with E-state index in [4.69, 9.17) is 9.47 Å². The lowest BCUT2D eigenvalue weighted by Crippen LogP contribution is -2.28. The van der Waals surface area contributed by atoms with Gasteiger partial charge in [-0.2, -0.15) is 0 Å². The molecule has 1 aromatic rings. The van der Waals surface area contributed by atoms with Crippen LogP contribution in [-0.4, -0.2) is 29.9 Å². The van der Waals surface area contributed by atoms with Crippen molar-refractivity contribution >= 4 is 0 Å². The maximum absolute atomic E-state index is 10.2. The average molecular weight is 225 g/mol. The number of hydrogen-bond donors (Lipinski definition) is 1. The highest BCUT2D eigenvalue weighted by Gasteiger charge is 2.24. The Balaban J connectivity index is 2.80. The first kappa shape index (κ1) is 12.9. The van der Waals surface area contributed by atoms with Gasteiger partial charge in [-0.05, 0) is 26.8 Å². The van der Waals surface area contributed by atoms with E-state index in [2.05, 4.69) is 4.98 Å². The third-order valence-electron chi connectivity index (χ3n) is 2.23. The summed E-state index contributed by atoms with van der Waals surface area (Å²) >= 11 is 0. The Hall–Kier alpha value is -1.13. The molecule has 4 nitrogen and oxygen atoms in total. The minimum Gasteiger partial charge on any atom is -0.492 e. The van der Waals surface area contributed by atoms with Crippen LogP contribution in [0.1, 0.15) is 26.3 Å². The molecule has 0 saturated heterocycles. The smallest absolute Gasteiger partial charge is 0.137 e. The van der Waals surface area contributed by atoms with Gasteiger partial charge in [-0.3, -0.25) is 4.98 Å². The Morgan fingerprint density at radius 1 is 1.31 bits per heavy atom. The fraction of sp³-hybridized carbons (Fsp3) is 0.583. The normalized spacial score (nSPS) is 14.5. The van der Waals surface area contributed by atoms with Crippen molar-refractivity contribution in [3.8, 4) is 5.75 Å². The Labute approximate surface area is 96.2 Å². The highest BCUT2D eigenvalue weighted by molar-refractivity contribution is 5.27. The summed E-state index contributed by atoms with van der Waals surface area (Å²) in [6, 6.07) is 1.79. The van der Waals surface area contributed by atoms with Gasteiger partial charge in [-0.15, -0.1) is 0 Å². The van der Waals surface area contributed by atoms with Crippen LogP contribution in [0.25, 0.3) is 0 Å². The first-order chi connectivity index (χ1) is 7.60. The summed E-state index contributed by atoms with van der Waals surface area (Å²) in [7, 11) is 0. The summed E-state index contributed by atoms with van der Waals surface area (Å²) in [6.07, 6.45) is 3.26. The van der Waals surface area contributed by atoms with Crippen molar-refractivity contribution < 1.29 is 14.6 Å². The Morgan fingerprint density at radius 2 is 2.06 bits per heavy atom. The van der Waals surface area contributed by atoms with Gasteiger partial charge in [-0.1, -0.05) is 0 Å². The minimum absolute atomic E-state index is 0.251. The fourth-order valence-corrected chi connectivity index (χ4v) is 1.34. The molecule has 0 radical (unpaired) electrons. The third-order valence-corrected chi connectivity index (χ3v) is 2.23. The second-order valence-corrected chi connectivity index (χ2v) is 3.75. The highest BCUT2D eigenvalue weighted by atomic mass is 16.5. The van der Waals surface area contributed by atoms with Gasteiger partial charge >= 0.3 is 0 Å². The van der Waals surface area contributed by atoms with Crippen molar-refractivity contribution in [2.45, 2.75) is 26.4 Å². The standard InChI is InChI=1S/C12H19NO3/c1-4-15-9-12(3,14)10-6-11(16-5-2)8-13-7-10/h6-8,14H,4-5,9H2,1-3H3. The molecule has 0 aromatic carbocycles. The first-order valence-electron chi connectivity index (χ1n) is 5.48. The molecule has 0 fully saturated rings. The predicted molar refractivity (Wildman–Crippen MR) is 61.5 cm³/mol. The lowest BCUT2D eigenvalue weighted by atomic mass is 9.99. The number of nitrogens with zero attached hydrogens (tertiary/aromatic N) is 1. The van der Waals surface area contributed by atoms with Crippen LogP contribution in [0.4, 0.5) is 0 Å². The van der Waals surface area contributed by atoms with Gasteiger partial charge in [0, 0.05) is 18.4 Å². The van der Waals surface area contributed by atoms with E-state index in [-0.39, 0.29) is 6.61 Å². The van der Waals surface area contributed by atoms with E-state index in [1.807, 2.05) is 13.8 Å². The van der Waals surface area contributed by atoms with E-state index < -0.39 is 5.60 Å². The summed E-state index contributed by atoms with van der Waals surface area (Å²) in [5.74, 6) is 0.664. The molecule has 0 bridgehead atoms. The molecule has 16 heavy (non-hydrogen) atoms. The largest absolute Gasteiger partial charge is 0.492 e. The monoisotopic (exact) mass is 225 g/mol. The number of rotatable bonds is 6. The summed E-state index contributed by atoms with van der Waals surface area (Å²) in [4.78, 5) is 4.04. The second-order valence-electron chi connectivity index (χ2n) is 3.75. The zero-order chi connectivity index (χ0) is 12.0. The quantitative estimate of drug-likeness (QED) is 0.801. The molecule has 90 valence electrons. The van der Waals surface area contributed by atoms with E-state index in [0.29, 0.717) is 24.5 Å². The molecular formula is C12H19NO3. The maximum atomic E-state index is 10.2. The molecule has 1 atom stereocenters. The fourth-order valence-electron chi connectivity index (χ4n) is 1.34. The van der Waals surface area contributed by atoms with Gasteiger partial charge in [-0.25, -0.2) is 0 Å². The molecule has 0 aliphatic carbocycles. The van der Waals surface area contributed by atoms with Crippen LogP contribution in [-0.2, 0) is 10.3 Å². The van der Waals surface area contributed by atoms with Crippen LogP contribution in [0.3, 0.4) is 0 Å². The van der Waals surface area contributed by atoms with Crippen molar-refractivity contribution in [2.24, 2.45) is 0 Å². The van der Waals surface area contributed by atoms with Crippen LogP contribution < -0.4 is 4.74 Å². The molecule has 1 aromatic heterocycles.